The van der Waals surface area contributed by atoms with Crippen molar-refractivity contribution in [1.29, 1.82) is 0 Å². The second-order valence-electron chi connectivity index (χ2n) is 8.12. The Morgan fingerprint density at radius 1 is 1.14 bits per heavy atom. The molecule has 1 aliphatic carbocycles. The molecule has 2 aromatic rings. The van der Waals surface area contributed by atoms with Crippen LogP contribution < -0.4 is 9.64 Å². The molecule has 0 radical (unpaired) electrons. The number of carbonyl (C=O) groups excluding carboxylic acids is 1. The summed E-state index contributed by atoms with van der Waals surface area (Å²) < 4.78 is 5.20. The highest BCUT2D eigenvalue weighted by Crippen LogP contribution is 2.40. The van der Waals surface area contributed by atoms with E-state index in [1.54, 1.807) is 12.0 Å². The maximum atomic E-state index is 13.4. The van der Waals surface area contributed by atoms with E-state index in [-0.39, 0.29) is 22.7 Å². The molecule has 5 nitrogen and oxygen atoms in total. The SMILES string of the molecule is COc1ccc(-c2cc(N(C(=O)C3CCC(C)CC3)C(C)C)c(C(=O)O)s2)cc1. The molecular weight excluding hydrogens is 386 g/mol. The standard InChI is InChI=1S/C23H29NO4S/c1-14(2)24(22(25)17-7-5-15(3)6-8-17)19-13-20(29-21(19)23(26)27)16-9-11-18(28-4)12-10-16/h9-15,17H,5-8H2,1-4H3,(H,26,27). The molecular formula is C23H29NO4S. The molecule has 29 heavy (non-hydrogen) atoms. The average molecular weight is 416 g/mol. The van der Waals surface area contributed by atoms with Gasteiger partial charge in [-0.3, -0.25) is 4.79 Å². The summed E-state index contributed by atoms with van der Waals surface area (Å²) in [5.41, 5.74) is 1.42. The summed E-state index contributed by atoms with van der Waals surface area (Å²) in [6.45, 7) is 6.11. The first kappa shape index (κ1) is 21.4. The van der Waals surface area contributed by atoms with Crippen LogP contribution in [0.3, 0.4) is 0 Å². The van der Waals surface area contributed by atoms with Crippen molar-refractivity contribution in [3.63, 3.8) is 0 Å². The van der Waals surface area contributed by atoms with Crippen LogP contribution in [-0.2, 0) is 4.79 Å². The molecule has 1 aliphatic rings. The molecule has 0 unspecified atom stereocenters. The number of thiophene rings is 1. The first-order valence-corrected chi connectivity index (χ1v) is 11.0. The molecule has 1 heterocycles. The number of carboxylic acids is 1. The average Bonchev–Trinajstić information content (AvgIpc) is 3.13. The zero-order valence-corrected chi connectivity index (χ0v) is 18.3. The van der Waals surface area contributed by atoms with E-state index in [1.165, 1.54) is 11.3 Å². The van der Waals surface area contributed by atoms with Gasteiger partial charge in [0.05, 0.1) is 12.8 Å². The lowest BCUT2D eigenvalue weighted by atomic mass is 9.82. The topological polar surface area (TPSA) is 66.8 Å². The molecule has 6 heteroatoms. The van der Waals surface area contributed by atoms with Crippen LogP contribution in [0.25, 0.3) is 10.4 Å². The second kappa shape index (κ2) is 8.99. The van der Waals surface area contributed by atoms with Gasteiger partial charge in [-0.05, 0) is 81.3 Å². The third-order valence-corrected chi connectivity index (χ3v) is 6.82. The summed E-state index contributed by atoms with van der Waals surface area (Å²) in [6, 6.07) is 9.25. The van der Waals surface area contributed by atoms with Crippen LogP contribution in [0.4, 0.5) is 5.69 Å². The molecule has 1 fully saturated rings. The molecule has 1 saturated carbocycles. The van der Waals surface area contributed by atoms with Crippen molar-refractivity contribution in [3.8, 4) is 16.2 Å². The number of nitrogens with zero attached hydrogens (tertiary/aromatic N) is 1. The molecule has 0 atom stereocenters. The third kappa shape index (κ3) is 4.64. The first-order valence-electron chi connectivity index (χ1n) is 10.2. The lowest BCUT2D eigenvalue weighted by Crippen LogP contribution is -2.42. The number of carbonyl (C=O) groups is 2. The molecule has 0 saturated heterocycles. The number of methoxy groups -OCH3 is 1. The summed E-state index contributed by atoms with van der Waals surface area (Å²) in [5.74, 6) is 0.423. The summed E-state index contributed by atoms with van der Waals surface area (Å²) in [7, 11) is 1.61. The second-order valence-corrected chi connectivity index (χ2v) is 9.17. The number of aromatic carboxylic acids is 1. The maximum Gasteiger partial charge on any atom is 0.348 e. The largest absolute Gasteiger partial charge is 0.497 e. The van der Waals surface area contributed by atoms with Crippen molar-refractivity contribution in [3.05, 3.63) is 35.2 Å². The summed E-state index contributed by atoms with van der Waals surface area (Å²) in [6.07, 6.45) is 3.85. The number of carboxylic acid groups (broad SMARTS) is 1. The number of anilines is 1. The summed E-state index contributed by atoms with van der Waals surface area (Å²) in [4.78, 5) is 28.1. The predicted molar refractivity (Wildman–Crippen MR) is 117 cm³/mol. The van der Waals surface area contributed by atoms with E-state index in [1.807, 2.05) is 44.2 Å². The zero-order valence-electron chi connectivity index (χ0n) is 17.5. The van der Waals surface area contributed by atoms with E-state index in [0.29, 0.717) is 11.6 Å². The number of hydrogen-bond acceptors (Lipinski definition) is 4. The van der Waals surface area contributed by atoms with Crippen molar-refractivity contribution in [1.82, 2.24) is 0 Å². The summed E-state index contributed by atoms with van der Waals surface area (Å²) in [5, 5.41) is 9.82. The van der Waals surface area contributed by atoms with E-state index >= 15 is 0 Å². The van der Waals surface area contributed by atoms with Crippen molar-refractivity contribution >= 4 is 28.9 Å². The fraction of sp³-hybridized carbons (Fsp3) is 0.478. The molecule has 0 bridgehead atoms. The highest BCUT2D eigenvalue weighted by Gasteiger charge is 2.33. The van der Waals surface area contributed by atoms with Crippen molar-refractivity contribution in [2.24, 2.45) is 11.8 Å². The Labute approximate surface area is 176 Å². The third-order valence-electron chi connectivity index (χ3n) is 5.66. The van der Waals surface area contributed by atoms with Gasteiger partial charge in [0.1, 0.15) is 10.6 Å². The Balaban J connectivity index is 1.97. The molecule has 1 amide bonds. The molecule has 0 aliphatic heterocycles. The smallest absolute Gasteiger partial charge is 0.348 e. The van der Waals surface area contributed by atoms with Crippen molar-refractivity contribution in [2.75, 3.05) is 12.0 Å². The van der Waals surface area contributed by atoms with Gasteiger partial charge in [0, 0.05) is 16.8 Å². The Bertz CT molecular complexity index is 864. The van der Waals surface area contributed by atoms with Crippen LogP contribution in [-0.4, -0.2) is 30.1 Å². The molecule has 0 spiro atoms. The lowest BCUT2D eigenvalue weighted by Gasteiger charge is -2.33. The fourth-order valence-electron chi connectivity index (χ4n) is 3.97. The van der Waals surface area contributed by atoms with Crippen LogP contribution in [0.15, 0.2) is 30.3 Å². The Morgan fingerprint density at radius 3 is 2.28 bits per heavy atom. The van der Waals surface area contributed by atoms with Gasteiger partial charge in [-0.1, -0.05) is 6.92 Å². The molecule has 3 rings (SSSR count). The molecule has 1 N–H and O–H groups in total. The van der Waals surface area contributed by atoms with Gasteiger partial charge in [-0.2, -0.15) is 0 Å². The molecule has 1 aromatic carbocycles. The van der Waals surface area contributed by atoms with Gasteiger partial charge in [-0.25, -0.2) is 4.79 Å². The number of ether oxygens (including phenoxy) is 1. The van der Waals surface area contributed by atoms with E-state index < -0.39 is 5.97 Å². The fourth-order valence-corrected chi connectivity index (χ4v) is 4.96. The van der Waals surface area contributed by atoms with Gasteiger partial charge in [0.15, 0.2) is 0 Å². The quantitative estimate of drug-likeness (QED) is 0.658. The highest BCUT2D eigenvalue weighted by atomic mass is 32.1. The molecule has 1 aromatic heterocycles. The van der Waals surface area contributed by atoms with Crippen LogP contribution in [0, 0.1) is 11.8 Å². The predicted octanol–water partition coefficient (Wildman–Crippen LogP) is 5.69. The number of benzene rings is 1. The highest BCUT2D eigenvalue weighted by molar-refractivity contribution is 7.18. The minimum absolute atomic E-state index is 0.0282. The first-order chi connectivity index (χ1) is 13.8. The Hall–Kier alpha value is -2.34. The van der Waals surface area contributed by atoms with Gasteiger partial charge in [0.2, 0.25) is 5.91 Å². The number of hydrogen-bond donors (Lipinski definition) is 1. The van der Waals surface area contributed by atoms with E-state index in [9.17, 15) is 14.7 Å². The van der Waals surface area contributed by atoms with Gasteiger partial charge in [-0.15, -0.1) is 11.3 Å². The van der Waals surface area contributed by atoms with Crippen LogP contribution in [0.5, 0.6) is 5.75 Å². The van der Waals surface area contributed by atoms with Crippen LogP contribution in [0.2, 0.25) is 0 Å². The number of amides is 1. The van der Waals surface area contributed by atoms with E-state index in [4.69, 9.17) is 4.74 Å². The van der Waals surface area contributed by atoms with Crippen molar-refractivity contribution < 1.29 is 19.4 Å². The van der Waals surface area contributed by atoms with E-state index in [0.717, 1.165) is 41.9 Å². The van der Waals surface area contributed by atoms with Crippen LogP contribution >= 0.6 is 11.3 Å². The van der Waals surface area contributed by atoms with Crippen molar-refractivity contribution in [2.45, 2.75) is 52.5 Å². The van der Waals surface area contributed by atoms with Gasteiger partial charge < -0.3 is 14.7 Å². The Morgan fingerprint density at radius 2 is 1.76 bits per heavy atom. The van der Waals surface area contributed by atoms with Gasteiger partial charge in [0.25, 0.3) is 0 Å². The Kier molecular flexibility index (Phi) is 6.63. The summed E-state index contributed by atoms with van der Waals surface area (Å²) >= 11 is 1.21. The van der Waals surface area contributed by atoms with Crippen LogP contribution in [0.1, 0.15) is 56.1 Å². The normalized spacial score (nSPS) is 19.2. The minimum atomic E-state index is -1.000. The lowest BCUT2D eigenvalue weighted by molar-refractivity contribution is -0.123. The van der Waals surface area contributed by atoms with Gasteiger partial charge >= 0.3 is 5.97 Å². The van der Waals surface area contributed by atoms with E-state index in [2.05, 4.69) is 6.92 Å². The monoisotopic (exact) mass is 415 g/mol. The number of rotatable bonds is 6. The zero-order chi connectivity index (χ0) is 21.1. The minimum Gasteiger partial charge on any atom is -0.497 e. The maximum absolute atomic E-state index is 13.4. The molecule has 156 valence electrons.